The average Bonchev–Trinajstić information content (AvgIpc) is 3.60. The lowest BCUT2D eigenvalue weighted by molar-refractivity contribution is -0.182. The maximum absolute atomic E-state index is 13.6. The van der Waals surface area contributed by atoms with E-state index in [1.165, 1.54) is 37.8 Å². The van der Waals surface area contributed by atoms with Gasteiger partial charge in [-0.25, -0.2) is 4.39 Å². The van der Waals surface area contributed by atoms with Crippen LogP contribution in [-0.4, -0.2) is 53.0 Å². The minimum atomic E-state index is -0.313. The van der Waals surface area contributed by atoms with Crippen molar-refractivity contribution >= 4 is 5.91 Å². The molecule has 0 saturated heterocycles. The van der Waals surface area contributed by atoms with Crippen LogP contribution >= 0.6 is 0 Å². The molecule has 1 aromatic carbocycles. The van der Waals surface area contributed by atoms with Crippen molar-refractivity contribution in [2.75, 3.05) is 13.7 Å². The Hall–Kier alpha value is -1.50. The number of methoxy groups -OCH3 is 1. The first-order valence-electron chi connectivity index (χ1n) is 17.5. The summed E-state index contributed by atoms with van der Waals surface area (Å²) in [5.41, 5.74) is 1.48. The maximum atomic E-state index is 13.6. The van der Waals surface area contributed by atoms with E-state index in [4.69, 9.17) is 4.74 Å². The minimum Gasteiger partial charge on any atom is -0.393 e. The summed E-state index contributed by atoms with van der Waals surface area (Å²) in [6.45, 7) is 16.0. The van der Waals surface area contributed by atoms with E-state index in [0.717, 1.165) is 37.7 Å². The highest BCUT2D eigenvalue weighted by atomic mass is 19.1. The molecule has 5 saturated carbocycles. The van der Waals surface area contributed by atoms with Crippen LogP contribution in [0.1, 0.15) is 118 Å². The molecule has 5 aliphatic carbocycles. The number of carbonyl (C=O) groups is 1. The molecule has 0 aromatic heterocycles. The Morgan fingerprint density at radius 1 is 0.977 bits per heavy atom. The standard InChI is InChI=1S/C38H58FNO4/c1-23(19-28(44-8)21-40(25(3)41)24(2)26-9-11-27(39)12-10-26)29-20-33(43)36(7)31-14-13-30-34(4,5)32(42)15-16-37(30)22-38(31,37)18-17-35(29,36)6/h9-12,23-24,28-33,42-43H,13-22H2,1-8H3/t23-,24?,28?,29-,30+,31?,32?,33+,35?,36-,37?,38?/m1/s1. The van der Waals surface area contributed by atoms with Crippen molar-refractivity contribution in [3.8, 4) is 0 Å². The van der Waals surface area contributed by atoms with Crippen LogP contribution in [0.2, 0.25) is 0 Å². The zero-order valence-corrected chi connectivity index (χ0v) is 28.5. The van der Waals surface area contributed by atoms with Gasteiger partial charge in [0, 0.05) is 26.0 Å². The van der Waals surface area contributed by atoms with E-state index in [-0.39, 0.29) is 52.3 Å². The van der Waals surface area contributed by atoms with E-state index in [1.807, 2.05) is 11.8 Å². The molecule has 7 unspecified atom stereocenters. The normalized spacial score (nSPS) is 43.9. The topological polar surface area (TPSA) is 70.0 Å². The van der Waals surface area contributed by atoms with Crippen molar-refractivity contribution in [1.82, 2.24) is 4.90 Å². The first kappa shape index (κ1) is 32.4. The molecule has 44 heavy (non-hydrogen) atoms. The molecule has 246 valence electrons. The van der Waals surface area contributed by atoms with Gasteiger partial charge in [0.1, 0.15) is 5.82 Å². The number of benzene rings is 1. The van der Waals surface area contributed by atoms with Crippen LogP contribution < -0.4 is 0 Å². The molecule has 0 bridgehead atoms. The SMILES string of the molecule is COC(C[C@@H](C)[C@H]1C[C@H](O)[C@@]2(C)C3CC[C@H]4C(C)(C)C(O)CCC45CC35CCC12C)CN(C(C)=O)C(C)c1ccc(F)cc1. The van der Waals surface area contributed by atoms with Crippen LogP contribution in [0.3, 0.4) is 0 Å². The van der Waals surface area contributed by atoms with Gasteiger partial charge in [-0.1, -0.05) is 46.8 Å². The third-order valence-corrected chi connectivity index (χ3v) is 15.5. The maximum Gasteiger partial charge on any atom is 0.220 e. The summed E-state index contributed by atoms with van der Waals surface area (Å²) < 4.78 is 19.6. The highest BCUT2D eigenvalue weighted by molar-refractivity contribution is 5.73. The summed E-state index contributed by atoms with van der Waals surface area (Å²) in [5, 5.41) is 23.0. The second kappa shape index (κ2) is 10.8. The highest BCUT2D eigenvalue weighted by Gasteiger charge is 2.83. The lowest BCUT2D eigenvalue weighted by Gasteiger charge is -2.63. The molecule has 6 heteroatoms. The van der Waals surface area contributed by atoms with Gasteiger partial charge in [-0.3, -0.25) is 4.79 Å². The second-order valence-electron chi connectivity index (χ2n) is 17.1. The monoisotopic (exact) mass is 611 g/mol. The fraction of sp³-hybridized carbons (Fsp3) is 0.816. The molecular weight excluding hydrogens is 553 g/mol. The van der Waals surface area contributed by atoms with Crippen LogP contribution in [0.25, 0.3) is 0 Å². The average molecular weight is 612 g/mol. The molecule has 5 aliphatic rings. The van der Waals surface area contributed by atoms with E-state index in [2.05, 4.69) is 34.6 Å². The third-order valence-electron chi connectivity index (χ3n) is 15.5. The Kier molecular flexibility index (Phi) is 7.94. The van der Waals surface area contributed by atoms with Crippen LogP contribution in [0, 0.1) is 56.6 Å². The summed E-state index contributed by atoms with van der Waals surface area (Å²) in [4.78, 5) is 14.7. The highest BCUT2D eigenvalue weighted by Crippen LogP contribution is 2.89. The summed E-state index contributed by atoms with van der Waals surface area (Å²) in [5.74, 6) is 1.54. The van der Waals surface area contributed by atoms with Gasteiger partial charge in [-0.15, -0.1) is 0 Å². The van der Waals surface area contributed by atoms with E-state index in [1.54, 1.807) is 26.2 Å². The molecule has 1 amide bonds. The van der Waals surface area contributed by atoms with Crippen LogP contribution in [0.5, 0.6) is 0 Å². The molecule has 2 spiro atoms. The first-order valence-corrected chi connectivity index (χ1v) is 17.5. The van der Waals surface area contributed by atoms with Crippen molar-refractivity contribution in [3.05, 3.63) is 35.6 Å². The quantitative estimate of drug-likeness (QED) is 0.319. The number of nitrogens with zero attached hydrogens (tertiary/aromatic N) is 1. The number of aliphatic hydroxyl groups is 2. The minimum absolute atomic E-state index is 0.0164. The molecule has 1 aromatic rings. The van der Waals surface area contributed by atoms with Gasteiger partial charge in [-0.2, -0.15) is 0 Å². The summed E-state index contributed by atoms with van der Waals surface area (Å²) >= 11 is 0. The van der Waals surface area contributed by atoms with Gasteiger partial charge in [0.05, 0.1) is 24.4 Å². The second-order valence-corrected chi connectivity index (χ2v) is 17.1. The third kappa shape index (κ3) is 4.35. The lowest BCUT2D eigenvalue weighted by atomic mass is 9.41. The number of halogens is 1. The first-order chi connectivity index (χ1) is 20.6. The summed E-state index contributed by atoms with van der Waals surface area (Å²) in [6, 6.07) is 6.23. The molecule has 0 aliphatic heterocycles. The number of hydrogen-bond acceptors (Lipinski definition) is 4. The zero-order chi connectivity index (χ0) is 32.0. The van der Waals surface area contributed by atoms with Gasteiger partial charge in [0.15, 0.2) is 0 Å². The largest absolute Gasteiger partial charge is 0.393 e. The number of rotatable bonds is 8. The van der Waals surface area contributed by atoms with Crippen LogP contribution in [0.15, 0.2) is 24.3 Å². The Labute approximate surface area is 265 Å². The van der Waals surface area contributed by atoms with E-state index in [9.17, 15) is 19.4 Å². The predicted octanol–water partition coefficient (Wildman–Crippen LogP) is 7.55. The Morgan fingerprint density at radius 3 is 2.25 bits per heavy atom. The van der Waals surface area contributed by atoms with Crippen LogP contribution in [0.4, 0.5) is 4.39 Å². The fourth-order valence-corrected chi connectivity index (χ4v) is 12.8. The number of ether oxygens (including phenoxy) is 1. The molecule has 5 nitrogen and oxygen atoms in total. The Bertz CT molecular complexity index is 1250. The number of hydrogen-bond donors (Lipinski definition) is 2. The number of amides is 1. The fourth-order valence-electron chi connectivity index (χ4n) is 12.8. The van der Waals surface area contributed by atoms with E-state index >= 15 is 0 Å². The van der Waals surface area contributed by atoms with E-state index < -0.39 is 0 Å². The number of fused-ring (bicyclic) bond motifs is 2. The molecule has 6 rings (SSSR count). The number of aliphatic hydroxyl groups excluding tert-OH is 2. The van der Waals surface area contributed by atoms with Gasteiger partial charge < -0.3 is 19.8 Å². The Morgan fingerprint density at radius 2 is 1.61 bits per heavy atom. The van der Waals surface area contributed by atoms with Gasteiger partial charge in [0.25, 0.3) is 0 Å². The summed E-state index contributed by atoms with van der Waals surface area (Å²) in [6.07, 6.45) is 9.14. The van der Waals surface area contributed by atoms with E-state index in [0.29, 0.717) is 41.0 Å². The predicted molar refractivity (Wildman–Crippen MR) is 171 cm³/mol. The van der Waals surface area contributed by atoms with Crippen molar-refractivity contribution in [1.29, 1.82) is 0 Å². The lowest BCUT2D eigenvalue weighted by Crippen LogP contribution is -2.59. The zero-order valence-electron chi connectivity index (χ0n) is 28.5. The van der Waals surface area contributed by atoms with Crippen molar-refractivity contribution in [2.24, 2.45) is 50.7 Å². The van der Waals surface area contributed by atoms with Crippen LogP contribution in [-0.2, 0) is 9.53 Å². The molecule has 0 heterocycles. The van der Waals surface area contributed by atoms with Gasteiger partial charge in [-0.05, 0) is 128 Å². The molecule has 12 atom stereocenters. The molecule has 0 radical (unpaired) electrons. The molecule has 2 N–H and O–H groups in total. The summed E-state index contributed by atoms with van der Waals surface area (Å²) in [7, 11) is 1.74. The van der Waals surface area contributed by atoms with Crippen molar-refractivity contribution in [2.45, 2.75) is 131 Å². The molecule has 5 fully saturated rings. The molecular formula is C38H58FNO4. The van der Waals surface area contributed by atoms with Gasteiger partial charge >= 0.3 is 0 Å². The van der Waals surface area contributed by atoms with Crippen molar-refractivity contribution in [3.63, 3.8) is 0 Å². The smallest absolute Gasteiger partial charge is 0.220 e. The number of carbonyl (C=O) groups excluding carboxylic acids is 1. The van der Waals surface area contributed by atoms with Gasteiger partial charge in [0.2, 0.25) is 5.91 Å². The Balaban J connectivity index is 1.20. The van der Waals surface area contributed by atoms with Crippen molar-refractivity contribution < 1.29 is 24.1 Å².